The molecule has 3 aromatic carbocycles. The molecule has 4 rings (SSSR count). The van der Waals surface area contributed by atoms with E-state index in [9.17, 15) is 14.4 Å². The number of esters is 1. The second-order valence-corrected chi connectivity index (χ2v) is 21.9. The van der Waals surface area contributed by atoms with Gasteiger partial charge in [-0.1, -0.05) is 136 Å². The minimum atomic E-state index is -3.09. The number of amides is 1. The van der Waals surface area contributed by atoms with Crippen LogP contribution in [0.1, 0.15) is 20.8 Å². The third-order valence-electron chi connectivity index (χ3n) is 8.44. The summed E-state index contributed by atoms with van der Waals surface area (Å²) in [6.07, 6.45) is 1.50. The Balaban J connectivity index is 2.07. The van der Waals surface area contributed by atoms with Gasteiger partial charge in [0.25, 0.3) is 0 Å². The first-order chi connectivity index (χ1) is 21.4. The van der Waals surface area contributed by atoms with Crippen LogP contribution in [0, 0.1) is 5.92 Å². The van der Waals surface area contributed by atoms with Crippen LogP contribution in [0.2, 0.25) is 18.1 Å². The van der Waals surface area contributed by atoms with Crippen LogP contribution in [0.4, 0.5) is 0 Å². The number of ether oxygens (including phenoxy) is 1. The predicted octanol–water partition coefficient (Wildman–Crippen LogP) is 6.14. The number of carbonyl (C=O) groups is 3. The minimum absolute atomic E-state index is 0.0426. The van der Waals surface area contributed by atoms with E-state index in [0.29, 0.717) is 0 Å². The number of likely N-dealkylation sites (tertiary alicyclic amines) is 1. The fraction of sp³-hybridized carbons (Fsp3) is 0.314. The highest BCUT2D eigenvalue weighted by Gasteiger charge is 2.55. The number of carbonyl (C=O) groups excluding carboxylic acids is 3. The maximum absolute atomic E-state index is 14.5. The molecule has 6 nitrogen and oxygen atoms in total. The Morgan fingerprint density at radius 1 is 0.933 bits per heavy atom. The van der Waals surface area contributed by atoms with Crippen molar-refractivity contribution in [2.75, 3.05) is 19.1 Å². The Labute approximate surface area is 277 Å². The van der Waals surface area contributed by atoms with Crippen molar-refractivity contribution in [2.45, 2.75) is 44.3 Å². The van der Waals surface area contributed by atoms with E-state index < -0.39 is 32.5 Å². The van der Waals surface area contributed by atoms with E-state index in [-0.39, 0.29) is 40.6 Å². The van der Waals surface area contributed by atoms with Crippen molar-refractivity contribution in [1.29, 1.82) is 0 Å². The Kier molecular flexibility index (Phi) is 11.4. The van der Waals surface area contributed by atoms with Gasteiger partial charge in [-0.15, -0.1) is 11.6 Å². The number of benzene rings is 3. The van der Waals surface area contributed by atoms with Crippen LogP contribution in [0.5, 0.6) is 0 Å². The molecule has 0 bridgehead atoms. The molecule has 0 spiro atoms. The zero-order valence-corrected chi connectivity index (χ0v) is 29.9. The molecule has 0 N–H and O–H groups in total. The number of halogens is 1. The average molecular weight is 682 g/mol. The number of hydrogen-bond donors (Lipinski definition) is 0. The van der Waals surface area contributed by atoms with E-state index in [2.05, 4.69) is 40.4 Å². The summed E-state index contributed by atoms with van der Waals surface area (Å²) in [4.78, 5) is 43.4. The highest BCUT2D eigenvalue weighted by atomic mass is 35.5. The second-order valence-electron chi connectivity index (χ2n) is 12.3. The molecule has 45 heavy (non-hydrogen) atoms. The van der Waals surface area contributed by atoms with Gasteiger partial charge in [0, 0.05) is 13.5 Å². The first-order valence-corrected chi connectivity index (χ1v) is 20.9. The van der Waals surface area contributed by atoms with Gasteiger partial charge in [-0.3, -0.25) is 14.5 Å². The lowest BCUT2D eigenvalue weighted by molar-refractivity contribution is -0.148. The van der Waals surface area contributed by atoms with E-state index in [4.69, 9.17) is 20.8 Å². The lowest BCUT2D eigenvalue weighted by atomic mass is 9.99. The Hall–Kier alpha value is -2.87. The largest absolute Gasteiger partial charge is 0.457 e. The Morgan fingerprint density at radius 3 is 1.80 bits per heavy atom. The van der Waals surface area contributed by atoms with Gasteiger partial charge in [-0.05, 0) is 34.0 Å². The van der Waals surface area contributed by atoms with E-state index >= 15 is 0 Å². The molecular formula is C35H41ClNO5PSSi. The lowest BCUT2D eigenvalue weighted by Gasteiger charge is -2.50. The molecule has 0 aliphatic carbocycles. The summed E-state index contributed by atoms with van der Waals surface area (Å²) in [5.41, 5.74) is 0.210. The summed E-state index contributed by atoms with van der Waals surface area (Å²) in [5, 5.41) is 1.53. The molecule has 0 aromatic heterocycles. The fourth-order valence-electron chi connectivity index (χ4n) is 5.08. The molecule has 0 radical (unpaired) electrons. The summed E-state index contributed by atoms with van der Waals surface area (Å²) in [6.45, 7) is 11.4. The molecule has 3 aromatic rings. The molecule has 1 fully saturated rings. The van der Waals surface area contributed by atoms with Crippen LogP contribution < -0.4 is 15.9 Å². The van der Waals surface area contributed by atoms with Crippen LogP contribution in [0.15, 0.2) is 104 Å². The monoisotopic (exact) mass is 681 g/mol. The van der Waals surface area contributed by atoms with E-state index in [1.54, 1.807) is 0 Å². The van der Waals surface area contributed by atoms with E-state index in [1.165, 1.54) is 11.0 Å². The molecule has 1 aliphatic heterocycles. The number of β-lactam (4-membered cyclic amide) rings is 1. The summed E-state index contributed by atoms with van der Waals surface area (Å²) < 4.78 is 12.3. The van der Waals surface area contributed by atoms with Crippen molar-refractivity contribution in [1.82, 2.24) is 4.90 Å². The second kappa shape index (κ2) is 14.7. The van der Waals surface area contributed by atoms with Gasteiger partial charge >= 0.3 is 5.97 Å². The zero-order valence-electron chi connectivity index (χ0n) is 26.4. The zero-order chi connectivity index (χ0) is 32.8. The number of rotatable bonds is 12. The van der Waals surface area contributed by atoms with E-state index in [1.807, 2.05) is 91.0 Å². The first-order valence-electron chi connectivity index (χ1n) is 14.8. The van der Waals surface area contributed by atoms with Crippen LogP contribution in [-0.2, 0) is 23.5 Å². The van der Waals surface area contributed by atoms with Gasteiger partial charge in [0.15, 0.2) is 8.32 Å². The lowest BCUT2D eigenvalue weighted by Crippen LogP contribution is -2.66. The van der Waals surface area contributed by atoms with Gasteiger partial charge in [0.05, 0.1) is 11.8 Å². The van der Waals surface area contributed by atoms with Crippen molar-refractivity contribution in [3.05, 3.63) is 104 Å². The highest BCUT2D eigenvalue weighted by Crippen LogP contribution is 2.51. The Bertz CT molecular complexity index is 1470. The SMILES string of the molecule is C=CCOC(=O)C(N1C(=O)[C@H](CO[Si](C)(C)C(C)(C)C)[C@H]1SC(=O)CCl)=P(c1ccccc1)(c1ccccc1)c1ccccc1. The predicted molar refractivity (Wildman–Crippen MR) is 192 cm³/mol. The molecule has 10 heteroatoms. The van der Waals surface area contributed by atoms with Crippen LogP contribution in [0.25, 0.3) is 0 Å². The molecular weight excluding hydrogens is 641 g/mol. The summed E-state index contributed by atoms with van der Waals surface area (Å²) in [5.74, 6) is -1.80. The molecule has 0 unspecified atom stereocenters. The smallest absolute Gasteiger partial charge is 0.356 e. The summed E-state index contributed by atoms with van der Waals surface area (Å²) in [6, 6.07) is 29.3. The molecule has 2 atom stereocenters. The molecule has 0 saturated carbocycles. The van der Waals surface area contributed by atoms with Crippen LogP contribution in [0.3, 0.4) is 0 Å². The highest BCUT2D eigenvalue weighted by molar-refractivity contribution is 8.14. The molecule has 1 saturated heterocycles. The van der Waals surface area contributed by atoms with Crippen molar-refractivity contribution in [3.8, 4) is 0 Å². The maximum Gasteiger partial charge on any atom is 0.356 e. The van der Waals surface area contributed by atoms with Gasteiger partial charge < -0.3 is 9.16 Å². The maximum atomic E-state index is 14.5. The number of alkyl halides is 1. The normalized spacial score (nSPS) is 16.9. The number of nitrogens with zero attached hydrogens (tertiary/aromatic N) is 1. The fourth-order valence-corrected chi connectivity index (χ4v) is 11.8. The molecule has 1 amide bonds. The average Bonchev–Trinajstić information content (AvgIpc) is 3.04. The third-order valence-corrected chi connectivity index (χ3v) is 18.8. The van der Waals surface area contributed by atoms with Crippen LogP contribution >= 0.6 is 30.2 Å². The van der Waals surface area contributed by atoms with Gasteiger partial charge in [-0.2, -0.15) is 0 Å². The van der Waals surface area contributed by atoms with Crippen molar-refractivity contribution >= 4 is 76.9 Å². The summed E-state index contributed by atoms with van der Waals surface area (Å²) >= 11 is 6.98. The van der Waals surface area contributed by atoms with Gasteiger partial charge in [0.1, 0.15) is 17.4 Å². The summed E-state index contributed by atoms with van der Waals surface area (Å²) in [7, 11) is -2.23. The topological polar surface area (TPSA) is 72.9 Å². The molecule has 238 valence electrons. The van der Waals surface area contributed by atoms with Gasteiger partial charge in [0.2, 0.25) is 11.0 Å². The van der Waals surface area contributed by atoms with Crippen LogP contribution in [-0.4, -0.2) is 60.1 Å². The number of thioether (sulfide) groups is 1. The van der Waals surface area contributed by atoms with E-state index in [0.717, 1.165) is 27.7 Å². The third kappa shape index (κ3) is 7.11. The molecule has 1 aliphatic rings. The minimum Gasteiger partial charge on any atom is -0.457 e. The van der Waals surface area contributed by atoms with Crippen molar-refractivity contribution < 1.29 is 23.5 Å². The van der Waals surface area contributed by atoms with Crippen molar-refractivity contribution in [3.63, 3.8) is 0 Å². The van der Waals surface area contributed by atoms with Gasteiger partial charge in [-0.25, -0.2) is 4.79 Å². The Morgan fingerprint density at radius 2 is 1.40 bits per heavy atom. The van der Waals surface area contributed by atoms with Crippen molar-refractivity contribution in [2.24, 2.45) is 5.92 Å². The number of hydrogen-bond acceptors (Lipinski definition) is 6. The quantitative estimate of drug-likeness (QED) is 0.0571. The molecule has 1 heterocycles. The standard InChI is InChI=1S/C35H41ClNO5PSSi/c1-7-23-41-34(40)32(37-31(39)29(33(37)44-30(38)24-36)25-42-45(5,6)35(2,3)4)43(26-17-11-8-12-18-26,27-19-13-9-14-20-27)28-21-15-10-16-22-28/h7-22,29,33H,1,23-25H2,2-6H3/t29-,33+/m0/s1. The first kappa shape index (κ1) is 35.0.